The van der Waals surface area contributed by atoms with Crippen molar-refractivity contribution >= 4 is 15.9 Å². The number of rotatable bonds is 6. The Labute approximate surface area is 167 Å². The molecular formula is C22H28N2O3S. The lowest BCUT2D eigenvalue weighted by Gasteiger charge is -2.32. The van der Waals surface area contributed by atoms with Crippen LogP contribution in [0.3, 0.4) is 0 Å². The molecule has 1 aliphatic rings. The maximum atomic E-state index is 12.7. The summed E-state index contributed by atoms with van der Waals surface area (Å²) in [6.07, 6.45) is 1.83. The van der Waals surface area contributed by atoms with Crippen LogP contribution in [0.5, 0.6) is 0 Å². The van der Waals surface area contributed by atoms with Crippen LogP contribution < -0.4 is 4.72 Å². The van der Waals surface area contributed by atoms with Gasteiger partial charge in [0.15, 0.2) is 0 Å². The molecule has 0 saturated carbocycles. The predicted octanol–water partition coefficient (Wildman–Crippen LogP) is 3.67. The minimum atomic E-state index is -3.57. The van der Waals surface area contributed by atoms with E-state index >= 15 is 0 Å². The summed E-state index contributed by atoms with van der Waals surface area (Å²) in [7, 11) is -3.57. The molecule has 0 unspecified atom stereocenters. The molecule has 0 aromatic heterocycles. The van der Waals surface area contributed by atoms with Crippen molar-refractivity contribution in [2.24, 2.45) is 5.92 Å². The molecule has 1 aliphatic heterocycles. The number of hydrogen-bond acceptors (Lipinski definition) is 3. The van der Waals surface area contributed by atoms with Crippen LogP contribution in [0.15, 0.2) is 59.5 Å². The van der Waals surface area contributed by atoms with Crippen LogP contribution in [0.2, 0.25) is 0 Å². The molecule has 2 aromatic carbocycles. The van der Waals surface area contributed by atoms with Gasteiger partial charge in [0.05, 0.1) is 4.90 Å². The van der Waals surface area contributed by atoms with Crippen LogP contribution in [0, 0.1) is 5.92 Å². The van der Waals surface area contributed by atoms with Gasteiger partial charge in [0.25, 0.3) is 0 Å². The summed E-state index contributed by atoms with van der Waals surface area (Å²) in [6.45, 7) is 5.26. The quantitative estimate of drug-likeness (QED) is 0.805. The average Bonchev–Trinajstić information content (AvgIpc) is 2.68. The number of benzene rings is 2. The maximum Gasteiger partial charge on any atom is 0.240 e. The summed E-state index contributed by atoms with van der Waals surface area (Å²) in [5.41, 5.74) is 2.04. The number of carbonyl (C=O) groups is 1. The topological polar surface area (TPSA) is 66.5 Å². The first-order chi connectivity index (χ1) is 13.3. The van der Waals surface area contributed by atoms with E-state index < -0.39 is 10.0 Å². The molecule has 0 aliphatic carbocycles. The van der Waals surface area contributed by atoms with Crippen molar-refractivity contribution in [2.45, 2.75) is 44.0 Å². The fourth-order valence-corrected chi connectivity index (χ4v) is 4.77. The highest BCUT2D eigenvalue weighted by molar-refractivity contribution is 7.89. The van der Waals surface area contributed by atoms with Gasteiger partial charge in [0, 0.05) is 25.6 Å². The molecule has 1 saturated heterocycles. The number of sulfonamides is 1. The molecule has 28 heavy (non-hydrogen) atoms. The Bertz CT molecular complexity index is 885. The zero-order valence-corrected chi connectivity index (χ0v) is 17.3. The van der Waals surface area contributed by atoms with Crippen molar-refractivity contribution in [3.8, 4) is 11.1 Å². The Kier molecular flexibility index (Phi) is 6.52. The molecule has 0 atom stereocenters. The van der Waals surface area contributed by atoms with E-state index in [1.54, 1.807) is 12.1 Å². The molecule has 1 heterocycles. The van der Waals surface area contributed by atoms with E-state index in [9.17, 15) is 13.2 Å². The van der Waals surface area contributed by atoms with E-state index in [-0.39, 0.29) is 16.8 Å². The monoisotopic (exact) mass is 400 g/mol. The average molecular weight is 401 g/mol. The SMILES string of the molecule is CC(C)CC(=O)N1CCC(NS(=O)(=O)c2ccc(-c3ccccc3)cc2)CC1. The van der Waals surface area contributed by atoms with Crippen molar-refractivity contribution in [3.63, 3.8) is 0 Å². The molecule has 6 heteroatoms. The van der Waals surface area contributed by atoms with E-state index in [0.29, 0.717) is 38.3 Å². The Hall–Kier alpha value is -2.18. The third-order valence-corrected chi connectivity index (χ3v) is 6.56. The Morgan fingerprint density at radius 3 is 2.14 bits per heavy atom. The molecule has 2 aromatic rings. The largest absolute Gasteiger partial charge is 0.343 e. The zero-order valence-electron chi connectivity index (χ0n) is 16.5. The lowest BCUT2D eigenvalue weighted by Crippen LogP contribution is -2.46. The zero-order chi connectivity index (χ0) is 20.1. The van der Waals surface area contributed by atoms with Crippen molar-refractivity contribution in [1.82, 2.24) is 9.62 Å². The molecule has 0 bridgehead atoms. The first-order valence-corrected chi connectivity index (χ1v) is 11.3. The first kappa shape index (κ1) is 20.6. The lowest BCUT2D eigenvalue weighted by atomic mass is 10.0. The highest BCUT2D eigenvalue weighted by Crippen LogP contribution is 2.22. The van der Waals surface area contributed by atoms with E-state index in [4.69, 9.17) is 0 Å². The maximum absolute atomic E-state index is 12.7. The highest BCUT2D eigenvalue weighted by Gasteiger charge is 2.26. The standard InChI is InChI=1S/C22H28N2O3S/c1-17(2)16-22(25)24-14-12-20(13-15-24)23-28(26,27)21-10-8-19(9-11-21)18-6-4-3-5-7-18/h3-11,17,20,23H,12-16H2,1-2H3. The molecule has 5 nitrogen and oxygen atoms in total. The van der Waals surface area contributed by atoms with Crippen molar-refractivity contribution < 1.29 is 13.2 Å². The fraction of sp³-hybridized carbons (Fsp3) is 0.409. The van der Waals surface area contributed by atoms with Crippen molar-refractivity contribution in [3.05, 3.63) is 54.6 Å². The minimum absolute atomic E-state index is 0.137. The van der Waals surface area contributed by atoms with Crippen LogP contribution in [0.25, 0.3) is 11.1 Å². The lowest BCUT2D eigenvalue weighted by molar-refractivity contribution is -0.133. The second-order valence-corrected chi connectivity index (χ2v) is 9.48. The predicted molar refractivity (Wildman–Crippen MR) is 111 cm³/mol. The summed E-state index contributed by atoms with van der Waals surface area (Å²) in [5.74, 6) is 0.496. The van der Waals surface area contributed by atoms with E-state index in [0.717, 1.165) is 11.1 Å². The molecule has 1 amide bonds. The minimum Gasteiger partial charge on any atom is -0.343 e. The number of nitrogens with zero attached hydrogens (tertiary/aromatic N) is 1. The molecule has 3 rings (SSSR count). The van der Waals surface area contributed by atoms with Gasteiger partial charge in [0.2, 0.25) is 15.9 Å². The van der Waals surface area contributed by atoms with Gasteiger partial charge in [-0.3, -0.25) is 4.79 Å². The van der Waals surface area contributed by atoms with E-state index in [1.165, 1.54) is 0 Å². The van der Waals surface area contributed by atoms with Gasteiger partial charge in [-0.2, -0.15) is 0 Å². The third-order valence-electron chi connectivity index (χ3n) is 5.02. The number of nitrogens with one attached hydrogen (secondary N) is 1. The molecule has 1 fully saturated rings. The van der Waals surface area contributed by atoms with Gasteiger partial charge in [-0.15, -0.1) is 0 Å². The number of piperidine rings is 1. The molecular weight excluding hydrogens is 372 g/mol. The normalized spacial score (nSPS) is 15.8. The summed E-state index contributed by atoms with van der Waals surface area (Å²) in [5, 5.41) is 0. The fourth-order valence-electron chi connectivity index (χ4n) is 3.47. The third kappa shape index (κ3) is 5.20. The van der Waals surface area contributed by atoms with Crippen molar-refractivity contribution in [2.75, 3.05) is 13.1 Å². The van der Waals surface area contributed by atoms with E-state index in [1.807, 2.05) is 61.2 Å². The highest BCUT2D eigenvalue weighted by atomic mass is 32.2. The molecule has 0 spiro atoms. The van der Waals surface area contributed by atoms with Crippen LogP contribution in [0.1, 0.15) is 33.1 Å². The van der Waals surface area contributed by atoms with Gasteiger partial charge >= 0.3 is 0 Å². The molecule has 1 N–H and O–H groups in total. The second kappa shape index (κ2) is 8.88. The number of likely N-dealkylation sites (tertiary alicyclic amines) is 1. The smallest absolute Gasteiger partial charge is 0.240 e. The van der Waals surface area contributed by atoms with Crippen LogP contribution in [-0.4, -0.2) is 38.4 Å². The Morgan fingerprint density at radius 2 is 1.57 bits per heavy atom. The van der Waals surface area contributed by atoms with Gasteiger partial charge in [0.1, 0.15) is 0 Å². The summed E-state index contributed by atoms with van der Waals surface area (Å²) >= 11 is 0. The van der Waals surface area contributed by atoms with Crippen LogP contribution in [-0.2, 0) is 14.8 Å². The first-order valence-electron chi connectivity index (χ1n) is 9.81. The summed E-state index contributed by atoms with van der Waals surface area (Å²) in [6, 6.07) is 16.7. The van der Waals surface area contributed by atoms with Gasteiger partial charge in [-0.25, -0.2) is 13.1 Å². The Morgan fingerprint density at radius 1 is 1.00 bits per heavy atom. The van der Waals surface area contributed by atoms with Crippen LogP contribution in [0.4, 0.5) is 0 Å². The summed E-state index contributed by atoms with van der Waals surface area (Å²) in [4.78, 5) is 14.3. The van der Waals surface area contributed by atoms with Gasteiger partial charge in [-0.1, -0.05) is 56.3 Å². The summed E-state index contributed by atoms with van der Waals surface area (Å²) < 4.78 is 28.2. The number of amides is 1. The van der Waals surface area contributed by atoms with E-state index in [2.05, 4.69) is 4.72 Å². The van der Waals surface area contributed by atoms with Gasteiger partial charge < -0.3 is 4.90 Å². The Balaban J connectivity index is 1.59. The number of hydrogen-bond donors (Lipinski definition) is 1. The van der Waals surface area contributed by atoms with Crippen molar-refractivity contribution in [1.29, 1.82) is 0 Å². The number of carbonyl (C=O) groups excluding carboxylic acids is 1. The molecule has 0 radical (unpaired) electrons. The van der Waals surface area contributed by atoms with Crippen LogP contribution >= 0.6 is 0 Å². The second-order valence-electron chi connectivity index (χ2n) is 7.76. The molecule has 150 valence electrons. The van der Waals surface area contributed by atoms with Gasteiger partial charge in [-0.05, 0) is 42.0 Å².